The monoisotopic (exact) mass is 338 g/mol. The van der Waals surface area contributed by atoms with Gasteiger partial charge < -0.3 is 20.3 Å². The molecule has 0 saturated carbocycles. The summed E-state index contributed by atoms with van der Waals surface area (Å²) in [4.78, 5) is 27.2. The van der Waals surface area contributed by atoms with Crippen molar-refractivity contribution in [3.63, 3.8) is 0 Å². The summed E-state index contributed by atoms with van der Waals surface area (Å²) in [5.41, 5.74) is 2.67. The molecule has 1 heterocycles. The number of carbonyl (C=O) groups is 2. The number of amides is 1. The van der Waals surface area contributed by atoms with Crippen LogP contribution in [0, 0.1) is 0 Å². The molecule has 0 aliphatic rings. The second kappa shape index (κ2) is 7.48. The van der Waals surface area contributed by atoms with Crippen molar-refractivity contribution in [2.45, 2.75) is 13.1 Å². The van der Waals surface area contributed by atoms with Crippen LogP contribution in [0.4, 0.5) is 5.95 Å². The smallest absolute Gasteiger partial charge is 0.322 e. The van der Waals surface area contributed by atoms with Crippen LogP contribution in [-0.2, 0) is 22.7 Å². The fourth-order valence-electron chi connectivity index (χ4n) is 2.52. The fraction of sp³-hybridized carbons (Fsp3) is 0.167. The van der Waals surface area contributed by atoms with Gasteiger partial charge in [-0.1, -0.05) is 42.5 Å². The number of aliphatic carboxylic acids is 1. The van der Waals surface area contributed by atoms with Gasteiger partial charge in [0.05, 0.1) is 11.0 Å². The number of carboxylic acids is 1. The van der Waals surface area contributed by atoms with E-state index in [9.17, 15) is 9.59 Å². The van der Waals surface area contributed by atoms with Crippen molar-refractivity contribution in [2.24, 2.45) is 0 Å². The molecule has 0 unspecified atom stereocenters. The topological polar surface area (TPSA) is 96.3 Å². The Kier molecular flexibility index (Phi) is 4.94. The fourth-order valence-corrected chi connectivity index (χ4v) is 2.52. The summed E-state index contributed by atoms with van der Waals surface area (Å²) in [6.45, 7) is 0.157. The van der Waals surface area contributed by atoms with Crippen LogP contribution in [0.3, 0.4) is 0 Å². The number of aromatic nitrogens is 2. The van der Waals surface area contributed by atoms with E-state index < -0.39 is 12.5 Å². The molecule has 2 aromatic carbocycles. The first-order valence-electron chi connectivity index (χ1n) is 7.85. The number of para-hydroxylation sites is 2. The van der Waals surface area contributed by atoms with Crippen molar-refractivity contribution < 1.29 is 14.7 Å². The third-order valence-corrected chi connectivity index (χ3v) is 3.69. The van der Waals surface area contributed by atoms with Crippen molar-refractivity contribution >= 4 is 28.9 Å². The molecule has 0 radical (unpaired) electrons. The Labute approximate surface area is 144 Å². The molecule has 128 valence electrons. The Balaban J connectivity index is 1.81. The molecule has 7 heteroatoms. The minimum absolute atomic E-state index is 0.00901. The molecule has 0 saturated heterocycles. The maximum absolute atomic E-state index is 12.0. The van der Waals surface area contributed by atoms with Gasteiger partial charge in [-0.3, -0.25) is 9.59 Å². The zero-order chi connectivity index (χ0) is 17.6. The lowest BCUT2D eigenvalue weighted by Gasteiger charge is -2.11. The summed E-state index contributed by atoms with van der Waals surface area (Å²) in [5, 5.41) is 14.3. The Hall–Kier alpha value is -3.35. The lowest BCUT2D eigenvalue weighted by molar-refractivity contribution is -0.138. The van der Waals surface area contributed by atoms with Crippen LogP contribution in [0.2, 0.25) is 0 Å². The summed E-state index contributed by atoms with van der Waals surface area (Å²) in [6, 6.07) is 17.4. The molecule has 0 aliphatic heterocycles. The van der Waals surface area contributed by atoms with Gasteiger partial charge in [-0.15, -0.1) is 0 Å². The van der Waals surface area contributed by atoms with E-state index >= 15 is 0 Å². The molecule has 0 atom stereocenters. The SMILES string of the molecule is O=C(O)CNC(=O)Cn1c(NCc2ccccc2)nc2ccccc21. The van der Waals surface area contributed by atoms with Gasteiger partial charge in [-0.05, 0) is 17.7 Å². The summed E-state index contributed by atoms with van der Waals surface area (Å²) in [7, 11) is 0. The van der Waals surface area contributed by atoms with E-state index in [1.54, 1.807) is 4.57 Å². The molecule has 3 aromatic rings. The van der Waals surface area contributed by atoms with Gasteiger partial charge >= 0.3 is 5.97 Å². The number of benzene rings is 2. The largest absolute Gasteiger partial charge is 0.480 e. The highest BCUT2D eigenvalue weighted by Crippen LogP contribution is 2.20. The number of imidazole rings is 1. The van der Waals surface area contributed by atoms with Gasteiger partial charge in [0.2, 0.25) is 11.9 Å². The zero-order valence-corrected chi connectivity index (χ0v) is 13.5. The van der Waals surface area contributed by atoms with Crippen LogP contribution in [0.1, 0.15) is 5.56 Å². The quantitative estimate of drug-likeness (QED) is 0.611. The second-order valence-corrected chi connectivity index (χ2v) is 5.52. The second-order valence-electron chi connectivity index (χ2n) is 5.52. The zero-order valence-electron chi connectivity index (χ0n) is 13.5. The summed E-state index contributed by atoms with van der Waals surface area (Å²) in [5.74, 6) is -0.893. The van der Waals surface area contributed by atoms with E-state index in [0.717, 1.165) is 16.6 Å². The standard InChI is InChI=1S/C18H18N4O3/c23-16(19-11-17(24)25)12-22-15-9-5-4-8-14(15)21-18(22)20-10-13-6-2-1-3-7-13/h1-9H,10-12H2,(H,19,23)(H,20,21)(H,24,25). The lowest BCUT2D eigenvalue weighted by atomic mass is 10.2. The van der Waals surface area contributed by atoms with E-state index in [1.165, 1.54) is 0 Å². The first-order chi connectivity index (χ1) is 12.1. The van der Waals surface area contributed by atoms with Crippen LogP contribution in [0.25, 0.3) is 11.0 Å². The third kappa shape index (κ3) is 4.14. The molecule has 1 aromatic heterocycles. The van der Waals surface area contributed by atoms with Crippen molar-refractivity contribution in [3.05, 3.63) is 60.2 Å². The van der Waals surface area contributed by atoms with Gasteiger partial charge in [0.15, 0.2) is 0 Å². The summed E-state index contributed by atoms with van der Waals surface area (Å²) < 4.78 is 1.75. The van der Waals surface area contributed by atoms with Crippen LogP contribution >= 0.6 is 0 Å². The number of hydrogen-bond acceptors (Lipinski definition) is 4. The van der Waals surface area contributed by atoms with Gasteiger partial charge in [-0.25, -0.2) is 4.98 Å². The van der Waals surface area contributed by atoms with E-state index in [1.807, 2.05) is 54.6 Å². The molecule has 0 bridgehead atoms. The van der Waals surface area contributed by atoms with Crippen molar-refractivity contribution in [3.8, 4) is 0 Å². The predicted molar refractivity (Wildman–Crippen MR) is 94.1 cm³/mol. The Bertz CT molecular complexity index is 890. The van der Waals surface area contributed by atoms with Crippen LogP contribution in [0.15, 0.2) is 54.6 Å². The molecular weight excluding hydrogens is 320 g/mol. The number of carboxylic acid groups (broad SMARTS) is 1. The molecule has 3 rings (SSSR count). The number of anilines is 1. The molecule has 1 amide bonds. The molecule has 25 heavy (non-hydrogen) atoms. The Morgan fingerprint density at radius 3 is 2.52 bits per heavy atom. The van der Waals surface area contributed by atoms with Gasteiger partial charge in [-0.2, -0.15) is 0 Å². The van der Waals surface area contributed by atoms with Crippen molar-refractivity contribution in [2.75, 3.05) is 11.9 Å². The van der Waals surface area contributed by atoms with Crippen LogP contribution < -0.4 is 10.6 Å². The minimum atomic E-state index is -1.08. The maximum atomic E-state index is 12.0. The number of carbonyl (C=O) groups excluding carboxylic acids is 1. The van der Waals surface area contributed by atoms with Crippen molar-refractivity contribution in [1.82, 2.24) is 14.9 Å². The summed E-state index contributed by atoms with van der Waals surface area (Å²) in [6.07, 6.45) is 0. The molecule has 7 nitrogen and oxygen atoms in total. The number of nitrogens with zero attached hydrogens (tertiary/aromatic N) is 2. The average Bonchev–Trinajstić information content (AvgIpc) is 2.97. The van der Waals surface area contributed by atoms with Crippen LogP contribution in [-0.4, -0.2) is 33.1 Å². The van der Waals surface area contributed by atoms with Gasteiger partial charge in [0, 0.05) is 6.54 Å². The van der Waals surface area contributed by atoms with Crippen molar-refractivity contribution in [1.29, 1.82) is 0 Å². The average molecular weight is 338 g/mol. The summed E-state index contributed by atoms with van der Waals surface area (Å²) >= 11 is 0. The third-order valence-electron chi connectivity index (χ3n) is 3.69. The first kappa shape index (κ1) is 16.5. The highest BCUT2D eigenvalue weighted by molar-refractivity contribution is 5.84. The number of hydrogen-bond donors (Lipinski definition) is 3. The molecule has 0 spiro atoms. The molecule has 3 N–H and O–H groups in total. The Morgan fingerprint density at radius 1 is 1.04 bits per heavy atom. The van der Waals surface area contributed by atoms with Gasteiger partial charge in [0.1, 0.15) is 13.1 Å². The number of fused-ring (bicyclic) bond motifs is 1. The van der Waals surface area contributed by atoms with E-state index in [-0.39, 0.29) is 12.5 Å². The normalized spacial score (nSPS) is 10.6. The van der Waals surface area contributed by atoms with Crippen LogP contribution in [0.5, 0.6) is 0 Å². The molecule has 0 aliphatic carbocycles. The highest BCUT2D eigenvalue weighted by atomic mass is 16.4. The van der Waals surface area contributed by atoms with E-state index in [0.29, 0.717) is 12.5 Å². The predicted octanol–water partition coefficient (Wildman–Crippen LogP) is 1.85. The van der Waals surface area contributed by atoms with E-state index in [4.69, 9.17) is 5.11 Å². The maximum Gasteiger partial charge on any atom is 0.322 e. The molecular formula is C18H18N4O3. The highest BCUT2D eigenvalue weighted by Gasteiger charge is 2.14. The Morgan fingerprint density at radius 2 is 1.76 bits per heavy atom. The number of rotatable bonds is 7. The number of nitrogens with one attached hydrogen (secondary N) is 2. The van der Waals surface area contributed by atoms with E-state index in [2.05, 4.69) is 15.6 Å². The lowest BCUT2D eigenvalue weighted by Crippen LogP contribution is -2.32. The minimum Gasteiger partial charge on any atom is -0.480 e. The molecule has 0 fully saturated rings. The first-order valence-corrected chi connectivity index (χ1v) is 7.85. The van der Waals surface area contributed by atoms with Gasteiger partial charge in [0.25, 0.3) is 0 Å².